The highest BCUT2D eigenvalue weighted by Gasteiger charge is 2.14. The molecule has 1 aromatic rings. The van der Waals surface area contributed by atoms with Crippen molar-refractivity contribution in [1.29, 1.82) is 0 Å². The Kier molecular flexibility index (Phi) is 6.32. The largest absolute Gasteiger partial charge is 0.493 e. The van der Waals surface area contributed by atoms with Crippen LogP contribution in [0.5, 0.6) is 11.5 Å². The molecule has 21 heavy (non-hydrogen) atoms. The summed E-state index contributed by atoms with van der Waals surface area (Å²) in [6.07, 6.45) is 1.62. The molecule has 116 valence electrons. The topological polar surface area (TPSA) is 117 Å². The number of methoxy groups -OCH3 is 2. The normalized spacial score (nSPS) is 10.0. The van der Waals surface area contributed by atoms with Crippen molar-refractivity contribution in [2.75, 3.05) is 26.5 Å². The van der Waals surface area contributed by atoms with Gasteiger partial charge in [0, 0.05) is 24.7 Å². The maximum Gasteiger partial charge on any atom is 0.253 e. The van der Waals surface area contributed by atoms with Crippen molar-refractivity contribution in [2.45, 2.75) is 19.3 Å². The molecule has 5 N–H and O–H groups in total. The third-order valence-electron chi connectivity index (χ3n) is 2.94. The first kappa shape index (κ1) is 16.6. The van der Waals surface area contributed by atoms with E-state index < -0.39 is 0 Å². The lowest BCUT2D eigenvalue weighted by Gasteiger charge is -2.12. The third-order valence-corrected chi connectivity index (χ3v) is 2.94. The molecule has 0 heterocycles. The highest BCUT2D eigenvalue weighted by molar-refractivity contribution is 6.00. The van der Waals surface area contributed by atoms with Crippen LogP contribution < -0.4 is 26.3 Å². The van der Waals surface area contributed by atoms with Gasteiger partial charge < -0.3 is 26.3 Å². The van der Waals surface area contributed by atoms with Gasteiger partial charge in [-0.3, -0.25) is 9.59 Å². The van der Waals surface area contributed by atoms with Crippen LogP contribution in [0, 0.1) is 0 Å². The Hall–Kier alpha value is -2.44. The van der Waals surface area contributed by atoms with Gasteiger partial charge in [-0.2, -0.15) is 0 Å². The predicted octanol–water partition coefficient (Wildman–Crippen LogP) is 0.671. The molecule has 0 spiro atoms. The minimum atomic E-state index is -0.342. The molecule has 0 saturated heterocycles. The van der Waals surface area contributed by atoms with E-state index in [1.165, 1.54) is 20.3 Å². The summed E-state index contributed by atoms with van der Waals surface area (Å²) in [5.41, 5.74) is 11.5. The van der Waals surface area contributed by atoms with Crippen molar-refractivity contribution < 1.29 is 19.1 Å². The summed E-state index contributed by atoms with van der Waals surface area (Å²) in [4.78, 5) is 22.6. The van der Waals surface area contributed by atoms with Crippen LogP contribution in [0.2, 0.25) is 0 Å². The van der Waals surface area contributed by atoms with E-state index in [2.05, 4.69) is 5.32 Å². The van der Waals surface area contributed by atoms with E-state index in [-0.39, 0.29) is 11.8 Å². The molecule has 0 saturated carbocycles. The van der Waals surface area contributed by atoms with Crippen LogP contribution in [0.15, 0.2) is 12.1 Å². The number of rotatable bonds is 8. The Morgan fingerprint density at radius 3 is 2.33 bits per heavy atom. The Morgan fingerprint density at radius 1 is 1.14 bits per heavy atom. The molecular formula is C14H21N3O4. The van der Waals surface area contributed by atoms with Crippen LogP contribution >= 0.6 is 0 Å². The number of amides is 2. The van der Waals surface area contributed by atoms with Gasteiger partial charge in [-0.05, 0) is 18.9 Å². The zero-order valence-electron chi connectivity index (χ0n) is 12.3. The molecule has 1 rings (SSSR count). The van der Waals surface area contributed by atoms with E-state index in [0.29, 0.717) is 48.6 Å². The second-order valence-electron chi connectivity index (χ2n) is 4.47. The highest BCUT2D eigenvalue weighted by atomic mass is 16.5. The average Bonchev–Trinajstić information content (AvgIpc) is 2.45. The van der Waals surface area contributed by atoms with E-state index in [1.54, 1.807) is 6.07 Å². The second kappa shape index (κ2) is 7.98. The first-order valence-corrected chi connectivity index (χ1v) is 6.57. The first-order chi connectivity index (χ1) is 9.99. The molecular weight excluding hydrogens is 274 g/mol. The number of nitrogen functional groups attached to an aromatic ring is 1. The van der Waals surface area contributed by atoms with Gasteiger partial charge in [0.05, 0.1) is 19.8 Å². The summed E-state index contributed by atoms with van der Waals surface area (Å²) in [6.45, 7) is 0.444. The predicted molar refractivity (Wildman–Crippen MR) is 79.3 cm³/mol. The molecule has 0 atom stereocenters. The van der Waals surface area contributed by atoms with Gasteiger partial charge in [0.25, 0.3) is 5.91 Å². The summed E-state index contributed by atoms with van der Waals surface area (Å²) in [5.74, 6) is 0.261. The average molecular weight is 295 g/mol. The van der Waals surface area contributed by atoms with Gasteiger partial charge in [-0.1, -0.05) is 0 Å². The van der Waals surface area contributed by atoms with Gasteiger partial charge in [0.1, 0.15) is 0 Å². The van der Waals surface area contributed by atoms with Gasteiger partial charge in [0.15, 0.2) is 11.5 Å². The fourth-order valence-corrected chi connectivity index (χ4v) is 1.81. The van der Waals surface area contributed by atoms with Gasteiger partial charge in [-0.25, -0.2) is 0 Å². The lowest BCUT2D eigenvalue weighted by Crippen LogP contribution is -2.25. The molecule has 0 unspecified atom stereocenters. The summed E-state index contributed by atoms with van der Waals surface area (Å²) in [7, 11) is 2.98. The molecule has 1 aromatic carbocycles. The maximum atomic E-state index is 12.1. The zero-order chi connectivity index (χ0) is 15.8. The van der Waals surface area contributed by atoms with E-state index in [9.17, 15) is 9.59 Å². The molecule has 0 bridgehead atoms. The van der Waals surface area contributed by atoms with Gasteiger partial charge in [-0.15, -0.1) is 0 Å². The van der Waals surface area contributed by atoms with Crippen molar-refractivity contribution in [1.82, 2.24) is 5.32 Å². The summed E-state index contributed by atoms with van der Waals surface area (Å²) in [5, 5.41) is 2.73. The molecule has 0 aromatic heterocycles. The van der Waals surface area contributed by atoms with E-state index in [1.807, 2.05) is 0 Å². The monoisotopic (exact) mass is 295 g/mol. The van der Waals surface area contributed by atoms with Crippen molar-refractivity contribution in [3.8, 4) is 11.5 Å². The van der Waals surface area contributed by atoms with Crippen LogP contribution in [-0.4, -0.2) is 32.6 Å². The Morgan fingerprint density at radius 2 is 1.76 bits per heavy atom. The highest BCUT2D eigenvalue weighted by Crippen LogP contribution is 2.31. The van der Waals surface area contributed by atoms with E-state index >= 15 is 0 Å². The molecule has 0 fully saturated rings. The Bertz CT molecular complexity index is 517. The van der Waals surface area contributed by atoms with Crippen molar-refractivity contribution in [3.05, 3.63) is 17.7 Å². The number of nitrogens with two attached hydrogens (primary N) is 2. The smallest absolute Gasteiger partial charge is 0.253 e. The lowest BCUT2D eigenvalue weighted by atomic mass is 10.1. The molecule has 0 aliphatic rings. The van der Waals surface area contributed by atoms with Crippen LogP contribution in [-0.2, 0) is 4.79 Å². The van der Waals surface area contributed by atoms with Crippen molar-refractivity contribution in [2.24, 2.45) is 5.73 Å². The third kappa shape index (κ3) is 4.87. The molecule has 7 nitrogen and oxygen atoms in total. The van der Waals surface area contributed by atoms with Crippen molar-refractivity contribution >= 4 is 17.5 Å². The molecule has 0 aliphatic carbocycles. The number of anilines is 1. The van der Waals surface area contributed by atoms with Crippen molar-refractivity contribution in [3.63, 3.8) is 0 Å². The Balaban J connectivity index is 2.63. The molecule has 0 aliphatic heterocycles. The SMILES string of the molecule is COc1cc(N)c(C(=O)NCCCCC(N)=O)cc1OC. The van der Waals surface area contributed by atoms with Crippen LogP contribution in [0.1, 0.15) is 29.6 Å². The number of carbonyl (C=O) groups is 2. The number of nitrogens with one attached hydrogen (secondary N) is 1. The number of hydrogen-bond acceptors (Lipinski definition) is 5. The minimum absolute atomic E-state index is 0.299. The van der Waals surface area contributed by atoms with Crippen LogP contribution in [0.3, 0.4) is 0 Å². The standard InChI is InChI=1S/C14H21N3O4/c1-20-11-7-9(10(15)8-12(11)21-2)14(19)17-6-4-3-5-13(16)18/h7-8H,3-6,15H2,1-2H3,(H2,16,18)(H,17,19). The number of unbranched alkanes of at least 4 members (excludes halogenated alkanes) is 1. The molecule has 2 amide bonds. The molecule has 7 heteroatoms. The minimum Gasteiger partial charge on any atom is -0.493 e. The fraction of sp³-hybridized carbons (Fsp3) is 0.429. The zero-order valence-corrected chi connectivity index (χ0v) is 12.3. The van der Waals surface area contributed by atoms with E-state index in [0.717, 1.165) is 0 Å². The van der Waals surface area contributed by atoms with Gasteiger partial charge >= 0.3 is 0 Å². The quantitative estimate of drug-likeness (QED) is 0.481. The fourth-order valence-electron chi connectivity index (χ4n) is 1.81. The Labute approximate surface area is 123 Å². The van der Waals surface area contributed by atoms with Crippen LogP contribution in [0.25, 0.3) is 0 Å². The molecule has 0 radical (unpaired) electrons. The van der Waals surface area contributed by atoms with Crippen LogP contribution in [0.4, 0.5) is 5.69 Å². The number of carbonyl (C=O) groups excluding carboxylic acids is 2. The number of primary amides is 1. The second-order valence-corrected chi connectivity index (χ2v) is 4.47. The van der Waals surface area contributed by atoms with E-state index in [4.69, 9.17) is 20.9 Å². The van der Waals surface area contributed by atoms with Gasteiger partial charge in [0.2, 0.25) is 5.91 Å². The first-order valence-electron chi connectivity index (χ1n) is 6.57. The lowest BCUT2D eigenvalue weighted by molar-refractivity contribution is -0.118. The summed E-state index contributed by atoms with van der Waals surface area (Å²) in [6, 6.07) is 3.08. The summed E-state index contributed by atoms with van der Waals surface area (Å²) >= 11 is 0. The number of benzene rings is 1. The number of hydrogen-bond donors (Lipinski definition) is 3. The maximum absolute atomic E-state index is 12.1. The number of ether oxygens (including phenoxy) is 2. The summed E-state index contributed by atoms with van der Waals surface area (Å²) < 4.78 is 10.2.